The van der Waals surface area contributed by atoms with Crippen molar-refractivity contribution in [1.29, 1.82) is 0 Å². The molecule has 2 rings (SSSR count). The lowest BCUT2D eigenvalue weighted by molar-refractivity contribution is 0.261. The molecule has 94 valence electrons. The maximum Gasteiger partial charge on any atom is 0.287 e. The third kappa shape index (κ3) is 2.79. The number of hydrogen-bond acceptors (Lipinski definition) is 4. The summed E-state index contributed by atoms with van der Waals surface area (Å²) in [5, 5.41) is 7.48. The van der Waals surface area contributed by atoms with Gasteiger partial charge in [-0.1, -0.05) is 11.6 Å². The van der Waals surface area contributed by atoms with E-state index in [9.17, 15) is 4.79 Å². The second kappa shape index (κ2) is 5.06. The number of likely N-dealkylation sites (N-methyl/N-ethyl adjacent to an activating group) is 1. The van der Waals surface area contributed by atoms with Crippen LogP contribution in [0.5, 0.6) is 0 Å². The molecule has 5 nitrogen and oxygen atoms in total. The Kier molecular flexibility index (Phi) is 3.69. The lowest BCUT2D eigenvalue weighted by atomic mass is 10.1. The molecule has 1 aliphatic heterocycles. The zero-order valence-corrected chi connectivity index (χ0v) is 10.9. The van der Waals surface area contributed by atoms with Crippen molar-refractivity contribution in [2.75, 3.05) is 25.5 Å². The van der Waals surface area contributed by atoms with Crippen LogP contribution < -0.4 is 10.9 Å². The van der Waals surface area contributed by atoms with Crippen molar-refractivity contribution in [3.63, 3.8) is 0 Å². The molecule has 1 fully saturated rings. The van der Waals surface area contributed by atoms with Gasteiger partial charge < -0.3 is 10.2 Å². The molecule has 1 aromatic rings. The summed E-state index contributed by atoms with van der Waals surface area (Å²) in [5.74, 6) is 0. The van der Waals surface area contributed by atoms with Crippen LogP contribution in [0.2, 0.25) is 5.02 Å². The normalized spacial score (nSPS) is 21.5. The standard InChI is InChI=1S/C11H17ClN4O/c1-15-5-3-4-8(7-15)14-9-6-13-16(2)11(17)10(9)12/h6,8,14H,3-5,7H2,1-2H3/t8-/m1/s1. The van der Waals surface area contributed by atoms with Crippen molar-refractivity contribution in [2.24, 2.45) is 7.05 Å². The molecule has 1 saturated heterocycles. The van der Waals surface area contributed by atoms with Crippen LogP contribution in [0.1, 0.15) is 12.8 Å². The van der Waals surface area contributed by atoms with Crippen molar-refractivity contribution in [3.8, 4) is 0 Å². The summed E-state index contributed by atoms with van der Waals surface area (Å²) in [4.78, 5) is 13.9. The topological polar surface area (TPSA) is 50.2 Å². The summed E-state index contributed by atoms with van der Waals surface area (Å²) in [6, 6.07) is 0.333. The van der Waals surface area contributed by atoms with Gasteiger partial charge in [0.15, 0.2) is 0 Å². The first-order valence-electron chi connectivity index (χ1n) is 5.75. The molecule has 6 heteroatoms. The highest BCUT2D eigenvalue weighted by Gasteiger charge is 2.18. The van der Waals surface area contributed by atoms with Crippen LogP contribution in [-0.2, 0) is 7.05 Å². The summed E-state index contributed by atoms with van der Waals surface area (Å²) in [7, 11) is 3.68. The predicted octanol–water partition coefficient (Wildman–Crippen LogP) is 0.940. The Balaban J connectivity index is 2.13. The number of aryl methyl sites for hydroxylation is 1. The molecule has 0 spiro atoms. The summed E-state index contributed by atoms with van der Waals surface area (Å²) in [5.41, 5.74) is 0.371. The Hall–Kier alpha value is -1.07. The van der Waals surface area contributed by atoms with Gasteiger partial charge in [-0.2, -0.15) is 5.10 Å². The third-order valence-corrected chi connectivity index (χ3v) is 3.43. The predicted molar refractivity (Wildman–Crippen MR) is 68.6 cm³/mol. The van der Waals surface area contributed by atoms with Gasteiger partial charge in [0.1, 0.15) is 5.02 Å². The minimum atomic E-state index is -0.263. The third-order valence-electron chi connectivity index (χ3n) is 3.06. The zero-order chi connectivity index (χ0) is 12.4. The van der Waals surface area contributed by atoms with E-state index in [4.69, 9.17) is 11.6 Å². The second-order valence-corrected chi connectivity index (χ2v) is 4.92. The Morgan fingerprint density at radius 1 is 1.53 bits per heavy atom. The van der Waals surface area contributed by atoms with Gasteiger partial charge in [0.2, 0.25) is 0 Å². The van der Waals surface area contributed by atoms with Gasteiger partial charge in [-0.15, -0.1) is 0 Å². The molecule has 1 atom stereocenters. The number of piperidine rings is 1. The average molecular weight is 257 g/mol. The highest BCUT2D eigenvalue weighted by atomic mass is 35.5. The highest BCUT2D eigenvalue weighted by Crippen LogP contribution is 2.19. The maximum absolute atomic E-state index is 11.6. The van der Waals surface area contributed by atoms with E-state index < -0.39 is 0 Å². The van der Waals surface area contributed by atoms with E-state index in [0.29, 0.717) is 11.7 Å². The lowest BCUT2D eigenvalue weighted by Crippen LogP contribution is -2.40. The number of hydrogen-bond donors (Lipinski definition) is 1. The molecule has 0 unspecified atom stereocenters. The van der Waals surface area contributed by atoms with Crippen molar-refractivity contribution in [2.45, 2.75) is 18.9 Å². The van der Waals surface area contributed by atoms with Crippen molar-refractivity contribution < 1.29 is 0 Å². The van der Waals surface area contributed by atoms with Crippen molar-refractivity contribution in [1.82, 2.24) is 14.7 Å². The molecule has 0 bridgehead atoms. The minimum absolute atomic E-state index is 0.218. The summed E-state index contributed by atoms with van der Waals surface area (Å²) < 4.78 is 1.24. The van der Waals surface area contributed by atoms with E-state index in [-0.39, 0.29) is 10.6 Å². The van der Waals surface area contributed by atoms with Crippen LogP contribution in [0.3, 0.4) is 0 Å². The van der Waals surface area contributed by atoms with Crippen molar-refractivity contribution >= 4 is 17.3 Å². The lowest BCUT2D eigenvalue weighted by Gasteiger charge is -2.30. The molecule has 1 aliphatic rings. The van der Waals surface area contributed by atoms with Crippen LogP contribution in [-0.4, -0.2) is 40.9 Å². The summed E-state index contributed by atoms with van der Waals surface area (Å²) >= 11 is 6.00. The largest absolute Gasteiger partial charge is 0.378 e. The van der Waals surface area contributed by atoms with Gasteiger partial charge in [-0.25, -0.2) is 4.68 Å². The molecule has 0 aromatic carbocycles. The van der Waals surface area contributed by atoms with Crippen LogP contribution in [0.25, 0.3) is 0 Å². The number of aromatic nitrogens is 2. The van der Waals surface area contributed by atoms with Crippen LogP contribution in [0.15, 0.2) is 11.0 Å². The second-order valence-electron chi connectivity index (χ2n) is 4.55. The fraction of sp³-hybridized carbons (Fsp3) is 0.636. The van der Waals surface area contributed by atoms with Crippen LogP contribution in [0.4, 0.5) is 5.69 Å². The van der Waals surface area contributed by atoms with Gasteiger partial charge in [-0.05, 0) is 26.4 Å². The first kappa shape index (κ1) is 12.4. The average Bonchev–Trinajstić information content (AvgIpc) is 2.30. The number of nitrogens with zero attached hydrogens (tertiary/aromatic N) is 3. The van der Waals surface area contributed by atoms with Gasteiger partial charge in [0.25, 0.3) is 5.56 Å². The highest BCUT2D eigenvalue weighted by molar-refractivity contribution is 6.32. The Bertz CT molecular complexity index is 459. The molecule has 0 radical (unpaired) electrons. The molecular formula is C11H17ClN4O. The number of anilines is 1. The minimum Gasteiger partial charge on any atom is -0.378 e. The summed E-state index contributed by atoms with van der Waals surface area (Å²) in [6.07, 6.45) is 3.86. The molecule has 17 heavy (non-hydrogen) atoms. The molecule has 0 aliphatic carbocycles. The van der Waals surface area contributed by atoms with E-state index in [1.54, 1.807) is 13.2 Å². The summed E-state index contributed by atoms with van der Waals surface area (Å²) in [6.45, 7) is 2.09. The van der Waals surface area contributed by atoms with Gasteiger partial charge in [-0.3, -0.25) is 4.79 Å². The van der Waals surface area contributed by atoms with E-state index in [0.717, 1.165) is 25.9 Å². The van der Waals surface area contributed by atoms with E-state index in [2.05, 4.69) is 22.4 Å². The molecule has 1 aromatic heterocycles. The zero-order valence-electron chi connectivity index (χ0n) is 10.1. The fourth-order valence-electron chi connectivity index (χ4n) is 2.12. The number of likely N-dealkylation sites (tertiary alicyclic amines) is 1. The maximum atomic E-state index is 11.6. The fourth-order valence-corrected chi connectivity index (χ4v) is 2.34. The molecule has 0 saturated carbocycles. The Morgan fingerprint density at radius 3 is 3.00 bits per heavy atom. The molecule has 0 amide bonds. The number of halogens is 1. The van der Waals surface area contributed by atoms with Crippen LogP contribution >= 0.6 is 11.6 Å². The smallest absolute Gasteiger partial charge is 0.287 e. The molecule has 1 N–H and O–H groups in total. The monoisotopic (exact) mass is 256 g/mol. The van der Waals surface area contributed by atoms with E-state index in [1.807, 2.05) is 0 Å². The van der Waals surface area contributed by atoms with Crippen LogP contribution in [0, 0.1) is 0 Å². The SMILES string of the molecule is CN1CCC[C@@H](Nc2cnn(C)c(=O)c2Cl)C1. The molecular weight excluding hydrogens is 240 g/mol. The Labute approximate surface area is 105 Å². The number of nitrogens with one attached hydrogen (secondary N) is 1. The molecule has 2 heterocycles. The first-order valence-corrected chi connectivity index (χ1v) is 6.12. The number of rotatable bonds is 2. The van der Waals surface area contributed by atoms with Gasteiger partial charge >= 0.3 is 0 Å². The van der Waals surface area contributed by atoms with Gasteiger partial charge in [0.05, 0.1) is 11.9 Å². The van der Waals surface area contributed by atoms with Gasteiger partial charge in [0, 0.05) is 19.6 Å². The Morgan fingerprint density at radius 2 is 2.29 bits per heavy atom. The van der Waals surface area contributed by atoms with Crippen molar-refractivity contribution in [3.05, 3.63) is 21.6 Å². The van der Waals surface area contributed by atoms with E-state index in [1.165, 1.54) is 4.68 Å². The quantitative estimate of drug-likeness (QED) is 0.856. The first-order chi connectivity index (χ1) is 8.08. The van der Waals surface area contributed by atoms with E-state index >= 15 is 0 Å².